The highest BCUT2D eigenvalue weighted by atomic mass is 32.2. The van der Waals surface area contributed by atoms with E-state index in [-0.39, 0.29) is 4.90 Å². The predicted molar refractivity (Wildman–Crippen MR) is 111 cm³/mol. The van der Waals surface area contributed by atoms with Gasteiger partial charge in [-0.1, -0.05) is 29.8 Å². The Morgan fingerprint density at radius 2 is 1.68 bits per heavy atom. The molecule has 1 heterocycles. The van der Waals surface area contributed by atoms with E-state index in [4.69, 9.17) is 4.74 Å². The average molecular weight is 398 g/mol. The van der Waals surface area contributed by atoms with Gasteiger partial charge in [-0.25, -0.2) is 13.4 Å². The summed E-state index contributed by atoms with van der Waals surface area (Å²) in [6, 6.07) is 18.1. The number of hydrogen-bond acceptors (Lipinski definition) is 5. The van der Waals surface area contributed by atoms with Crippen molar-refractivity contribution in [1.82, 2.24) is 4.98 Å². The van der Waals surface area contributed by atoms with E-state index >= 15 is 0 Å². The molecule has 0 bridgehead atoms. The van der Waals surface area contributed by atoms with Crippen LogP contribution >= 0.6 is 0 Å². The Labute approximate surface area is 165 Å². The van der Waals surface area contributed by atoms with E-state index in [0.29, 0.717) is 18.1 Å². The summed E-state index contributed by atoms with van der Waals surface area (Å²) in [6.07, 6.45) is 2.34. The van der Waals surface area contributed by atoms with E-state index < -0.39 is 10.0 Å². The second-order valence-electron chi connectivity index (χ2n) is 6.38. The Kier molecular flexibility index (Phi) is 6.16. The Bertz CT molecular complexity index is 1000. The topological polar surface area (TPSA) is 80.3 Å². The fourth-order valence-electron chi connectivity index (χ4n) is 2.62. The molecule has 0 saturated heterocycles. The molecule has 3 aromatic rings. The molecule has 28 heavy (non-hydrogen) atoms. The first kappa shape index (κ1) is 19.7. The van der Waals surface area contributed by atoms with Crippen LogP contribution in [0, 0.1) is 6.92 Å². The first-order valence-electron chi connectivity index (χ1n) is 8.88. The van der Waals surface area contributed by atoms with Gasteiger partial charge < -0.3 is 10.1 Å². The molecule has 6 nitrogen and oxygen atoms in total. The van der Waals surface area contributed by atoms with Gasteiger partial charge in [0.25, 0.3) is 10.0 Å². The summed E-state index contributed by atoms with van der Waals surface area (Å²) in [5, 5.41) is 3.23. The maximum absolute atomic E-state index is 12.4. The summed E-state index contributed by atoms with van der Waals surface area (Å²) in [5.41, 5.74) is 2.61. The lowest BCUT2D eigenvalue weighted by Crippen LogP contribution is -2.13. The van der Waals surface area contributed by atoms with Crippen LogP contribution in [0.15, 0.2) is 71.8 Å². The van der Waals surface area contributed by atoms with E-state index in [0.717, 1.165) is 17.7 Å². The smallest absolute Gasteiger partial charge is 0.261 e. The lowest BCUT2D eigenvalue weighted by atomic mass is 10.1. The van der Waals surface area contributed by atoms with Crippen LogP contribution in [-0.2, 0) is 16.4 Å². The molecule has 1 aromatic heterocycles. The van der Waals surface area contributed by atoms with Gasteiger partial charge in [-0.2, -0.15) is 0 Å². The van der Waals surface area contributed by atoms with E-state index in [1.165, 1.54) is 11.8 Å². The molecule has 0 unspecified atom stereocenters. The summed E-state index contributed by atoms with van der Waals surface area (Å²) in [7, 11) is -1.98. The van der Waals surface area contributed by atoms with Gasteiger partial charge in [0.05, 0.1) is 23.9 Å². The van der Waals surface area contributed by atoms with Crippen molar-refractivity contribution >= 4 is 21.5 Å². The van der Waals surface area contributed by atoms with E-state index in [9.17, 15) is 8.42 Å². The fraction of sp³-hybridized carbons (Fsp3) is 0.190. The Morgan fingerprint density at radius 1 is 0.964 bits per heavy atom. The quantitative estimate of drug-likeness (QED) is 0.603. The van der Waals surface area contributed by atoms with Gasteiger partial charge in [0, 0.05) is 6.54 Å². The Hall–Kier alpha value is -3.06. The summed E-state index contributed by atoms with van der Waals surface area (Å²) in [6.45, 7) is 2.63. The molecule has 146 valence electrons. The highest BCUT2D eigenvalue weighted by Gasteiger charge is 2.13. The molecule has 0 spiro atoms. The third-order valence-electron chi connectivity index (χ3n) is 4.23. The third-order valence-corrected chi connectivity index (χ3v) is 5.62. The number of methoxy groups -OCH3 is 1. The van der Waals surface area contributed by atoms with Crippen LogP contribution in [0.4, 0.5) is 11.5 Å². The molecule has 0 aliphatic heterocycles. The first-order valence-corrected chi connectivity index (χ1v) is 10.4. The van der Waals surface area contributed by atoms with Gasteiger partial charge in [-0.3, -0.25) is 4.72 Å². The number of sulfonamides is 1. The summed E-state index contributed by atoms with van der Waals surface area (Å²) >= 11 is 0. The molecule has 0 saturated carbocycles. The molecule has 0 aliphatic rings. The average Bonchev–Trinajstić information content (AvgIpc) is 2.70. The molecule has 2 aromatic carbocycles. The zero-order valence-electron chi connectivity index (χ0n) is 15.8. The third kappa shape index (κ3) is 5.23. The minimum absolute atomic E-state index is 0.222. The van der Waals surface area contributed by atoms with Crippen molar-refractivity contribution in [2.45, 2.75) is 18.2 Å². The molecule has 0 radical (unpaired) electrons. The van der Waals surface area contributed by atoms with Gasteiger partial charge in [0.15, 0.2) is 0 Å². The summed E-state index contributed by atoms with van der Waals surface area (Å²) < 4.78 is 32.5. The van der Waals surface area contributed by atoms with Crippen LogP contribution in [0.1, 0.15) is 11.1 Å². The summed E-state index contributed by atoms with van der Waals surface area (Å²) in [4.78, 5) is 4.49. The van der Waals surface area contributed by atoms with Crippen molar-refractivity contribution in [1.29, 1.82) is 0 Å². The molecule has 0 atom stereocenters. The molecule has 2 N–H and O–H groups in total. The van der Waals surface area contributed by atoms with Gasteiger partial charge in [0.2, 0.25) is 0 Å². The number of nitrogens with zero attached hydrogens (tertiary/aromatic N) is 1. The zero-order valence-corrected chi connectivity index (χ0v) is 16.7. The number of pyridine rings is 1. The number of rotatable bonds is 8. The van der Waals surface area contributed by atoms with Crippen molar-refractivity contribution < 1.29 is 13.2 Å². The Morgan fingerprint density at radius 3 is 2.29 bits per heavy atom. The van der Waals surface area contributed by atoms with Crippen molar-refractivity contribution in [3.05, 3.63) is 78.0 Å². The molecular formula is C21H23N3O3S. The Balaban J connectivity index is 1.54. The SMILES string of the molecule is COc1ccc(CCNc2ccc(NS(=O)(=O)c3ccc(C)cc3)cn2)cc1. The number of ether oxygens (including phenoxy) is 1. The van der Waals surface area contributed by atoms with Gasteiger partial charge >= 0.3 is 0 Å². The van der Waals surface area contributed by atoms with Crippen LogP contribution in [-0.4, -0.2) is 27.1 Å². The van der Waals surface area contributed by atoms with Gasteiger partial charge in [0.1, 0.15) is 11.6 Å². The van der Waals surface area contributed by atoms with Crippen molar-refractivity contribution in [3.8, 4) is 5.75 Å². The second-order valence-corrected chi connectivity index (χ2v) is 8.06. The first-order chi connectivity index (χ1) is 13.5. The molecule has 0 aliphatic carbocycles. The van der Waals surface area contributed by atoms with E-state index in [1.54, 1.807) is 43.5 Å². The molecular weight excluding hydrogens is 374 g/mol. The second kappa shape index (κ2) is 8.75. The molecule has 3 rings (SSSR count). The predicted octanol–water partition coefficient (Wildman–Crippen LogP) is 3.85. The number of aromatic nitrogens is 1. The molecule has 0 fully saturated rings. The van der Waals surface area contributed by atoms with Gasteiger partial charge in [-0.05, 0) is 55.3 Å². The molecule has 0 amide bonds. The lowest BCUT2D eigenvalue weighted by molar-refractivity contribution is 0.414. The highest BCUT2D eigenvalue weighted by molar-refractivity contribution is 7.92. The highest BCUT2D eigenvalue weighted by Crippen LogP contribution is 2.17. The fourth-order valence-corrected chi connectivity index (χ4v) is 3.66. The minimum atomic E-state index is -3.62. The number of aryl methyl sites for hydroxylation is 1. The van der Waals surface area contributed by atoms with Crippen LogP contribution in [0.2, 0.25) is 0 Å². The van der Waals surface area contributed by atoms with Crippen LogP contribution < -0.4 is 14.8 Å². The van der Waals surface area contributed by atoms with E-state index in [1.807, 2.05) is 31.2 Å². The molecule has 7 heteroatoms. The monoisotopic (exact) mass is 397 g/mol. The number of benzene rings is 2. The standard InChI is InChI=1S/C21H23N3O3S/c1-16-3-10-20(11-4-16)28(25,26)24-18-7-12-21(23-15-18)22-14-13-17-5-8-19(27-2)9-6-17/h3-12,15,24H,13-14H2,1-2H3,(H,22,23). The van der Waals surface area contributed by atoms with Crippen LogP contribution in [0.5, 0.6) is 5.75 Å². The number of anilines is 2. The van der Waals surface area contributed by atoms with Crippen LogP contribution in [0.25, 0.3) is 0 Å². The van der Waals surface area contributed by atoms with E-state index in [2.05, 4.69) is 15.0 Å². The maximum atomic E-state index is 12.4. The number of nitrogens with one attached hydrogen (secondary N) is 2. The van der Waals surface area contributed by atoms with Crippen LogP contribution in [0.3, 0.4) is 0 Å². The lowest BCUT2D eigenvalue weighted by Gasteiger charge is -2.10. The normalized spacial score (nSPS) is 11.1. The van der Waals surface area contributed by atoms with Crippen molar-refractivity contribution in [2.24, 2.45) is 0 Å². The zero-order chi connectivity index (χ0) is 20.0. The maximum Gasteiger partial charge on any atom is 0.261 e. The largest absolute Gasteiger partial charge is 0.497 e. The van der Waals surface area contributed by atoms with Crippen molar-refractivity contribution in [2.75, 3.05) is 23.7 Å². The van der Waals surface area contributed by atoms with Crippen molar-refractivity contribution in [3.63, 3.8) is 0 Å². The number of hydrogen-bond donors (Lipinski definition) is 2. The minimum Gasteiger partial charge on any atom is -0.497 e. The summed E-state index contributed by atoms with van der Waals surface area (Å²) in [5.74, 6) is 1.52. The van der Waals surface area contributed by atoms with Gasteiger partial charge in [-0.15, -0.1) is 0 Å².